The van der Waals surface area contributed by atoms with Gasteiger partial charge in [-0.3, -0.25) is 19.5 Å². The van der Waals surface area contributed by atoms with Gasteiger partial charge in [0.2, 0.25) is 5.91 Å². The number of carbonyl (C=O) groups excluding carboxylic acids is 1. The highest BCUT2D eigenvalue weighted by molar-refractivity contribution is 7.55. The van der Waals surface area contributed by atoms with Crippen molar-refractivity contribution in [2.45, 2.75) is 26.4 Å². The fraction of sp³-hybridized carbons (Fsp3) is 0.500. The van der Waals surface area contributed by atoms with Gasteiger partial charge in [-0.2, -0.15) is 0 Å². The van der Waals surface area contributed by atoms with Crippen LogP contribution in [0.3, 0.4) is 0 Å². The molecule has 134 valence electrons. The van der Waals surface area contributed by atoms with Crippen LogP contribution in [0.1, 0.15) is 20.8 Å². The third kappa shape index (κ3) is 4.77. The van der Waals surface area contributed by atoms with Gasteiger partial charge in [0.15, 0.2) is 0 Å². The fourth-order valence-electron chi connectivity index (χ4n) is 1.91. The number of nitro groups is 1. The smallest absolute Gasteiger partial charge is 0.342 e. The topological polar surface area (TPSA) is 117 Å². The summed E-state index contributed by atoms with van der Waals surface area (Å²) in [6.07, 6.45) is 0. The Bertz CT molecular complexity index is 640. The van der Waals surface area contributed by atoms with Crippen molar-refractivity contribution in [3.63, 3.8) is 0 Å². The van der Waals surface area contributed by atoms with Crippen molar-refractivity contribution in [2.24, 2.45) is 0 Å². The van der Waals surface area contributed by atoms with Crippen LogP contribution in [0.4, 0.5) is 11.4 Å². The summed E-state index contributed by atoms with van der Waals surface area (Å²) in [6.45, 7) is 4.93. The summed E-state index contributed by atoms with van der Waals surface area (Å²) in [7, 11) is -2.28. The van der Waals surface area contributed by atoms with E-state index in [-0.39, 0.29) is 30.3 Å². The van der Waals surface area contributed by atoms with Gasteiger partial charge in [0, 0.05) is 12.1 Å². The summed E-state index contributed by atoms with van der Waals surface area (Å²) >= 11 is 0. The number of benzene rings is 1. The maximum Gasteiger partial charge on any atom is 0.342 e. The quantitative estimate of drug-likeness (QED) is 0.408. The van der Waals surface area contributed by atoms with Crippen LogP contribution >= 0.6 is 7.60 Å². The summed E-state index contributed by atoms with van der Waals surface area (Å²) in [4.78, 5) is 22.7. The van der Waals surface area contributed by atoms with Crippen LogP contribution in [0.5, 0.6) is 5.75 Å². The normalized spacial score (nSPS) is 12.5. The highest BCUT2D eigenvalue weighted by Gasteiger charge is 2.37. The summed E-state index contributed by atoms with van der Waals surface area (Å²) in [5, 5.41) is 13.3. The monoisotopic (exact) mass is 360 g/mol. The van der Waals surface area contributed by atoms with Crippen LogP contribution in [0.2, 0.25) is 0 Å². The highest BCUT2D eigenvalue weighted by atomic mass is 31.2. The molecule has 0 saturated carbocycles. The molecule has 0 aromatic heterocycles. The van der Waals surface area contributed by atoms with E-state index in [0.29, 0.717) is 0 Å². The zero-order valence-electron chi connectivity index (χ0n) is 14.0. The third-order valence-corrected chi connectivity index (χ3v) is 5.54. The number of amides is 1. The highest BCUT2D eigenvalue weighted by Crippen LogP contribution is 2.53. The van der Waals surface area contributed by atoms with Gasteiger partial charge in [0.25, 0.3) is 5.69 Å². The second kappa shape index (κ2) is 8.77. The molecule has 0 aliphatic heterocycles. The average molecular weight is 360 g/mol. The van der Waals surface area contributed by atoms with Crippen molar-refractivity contribution >= 4 is 24.9 Å². The molecule has 0 fully saturated rings. The first-order valence-corrected chi connectivity index (χ1v) is 8.92. The zero-order chi connectivity index (χ0) is 18.3. The molecule has 1 rings (SSSR count). The van der Waals surface area contributed by atoms with Crippen molar-refractivity contribution in [2.75, 3.05) is 25.6 Å². The molecule has 0 radical (unpaired) electrons. The number of nitrogens with one attached hydrogen (secondary N) is 1. The molecule has 0 bridgehead atoms. The molecule has 0 aliphatic rings. The Morgan fingerprint density at radius 3 is 2.38 bits per heavy atom. The molecule has 9 nitrogen and oxygen atoms in total. The van der Waals surface area contributed by atoms with E-state index in [1.165, 1.54) is 26.2 Å². The lowest BCUT2D eigenvalue weighted by molar-refractivity contribution is -0.384. The minimum atomic E-state index is -3.64. The Morgan fingerprint density at radius 2 is 1.92 bits per heavy atom. The number of hydrogen-bond donors (Lipinski definition) is 1. The van der Waals surface area contributed by atoms with Gasteiger partial charge >= 0.3 is 7.60 Å². The standard InChI is InChI=1S/C14H21N2O7P/c1-5-22-24(20,23-6-2)10(3)14(17)15-12-9-11(16(18)19)7-8-13(12)21-4/h7-10H,5-6H2,1-4H3,(H,15,17). The summed E-state index contributed by atoms with van der Waals surface area (Å²) in [5.74, 6) is -0.414. The van der Waals surface area contributed by atoms with Gasteiger partial charge in [0.1, 0.15) is 11.4 Å². The Hall–Kier alpha value is -1.96. The number of ether oxygens (including phenoxy) is 1. The predicted molar refractivity (Wildman–Crippen MR) is 88.6 cm³/mol. The summed E-state index contributed by atoms with van der Waals surface area (Å²) in [6, 6.07) is 3.78. The summed E-state index contributed by atoms with van der Waals surface area (Å²) in [5.41, 5.74) is -1.21. The minimum absolute atomic E-state index is 0.100. The van der Waals surface area contributed by atoms with E-state index in [4.69, 9.17) is 13.8 Å². The molecule has 1 aromatic rings. The molecule has 0 saturated heterocycles. The number of hydrogen-bond acceptors (Lipinski definition) is 7. The zero-order valence-corrected chi connectivity index (χ0v) is 14.9. The van der Waals surface area contributed by atoms with E-state index < -0.39 is 24.1 Å². The van der Waals surface area contributed by atoms with Crippen LogP contribution in [-0.2, 0) is 18.4 Å². The molecule has 1 N–H and O–H groups in total. The number of rotatable bonds is 9. The van der Waals surface area contributed by atoms with E-state index in [9.17, 15) is 19.5 Å². The molecule has 1 amide bonds. The van der Waals surface area contributed by atoms with E-state index in [0.717, 1.165) is 6.07 Å². The van der Waals surface area contributed by atoms with E-state index >= 15 is 0 Å². The molecule has 1 unspecified atom stereocenters. The van der Waals surface area contributed by atoms with Crippen LogP contribution in [0, 0.1) is 10.1 Å². The largest absolute Gasteiger partial charge is 0.495 e. The minimum Gasteiger partial charge on any atom is -0.495 e. The Morgan fingerprint density at radius 1 is 1.33 bits per heavy atom. The maximum absolute atomic E-state index is 12.6. The van der Waals surface area contributed by atoms with Crippen LogP contribution in [0.25, 0.3) is 0 Å². The number of non-ortho nitro benzene ring substituents is 1. The number of nitro benzene ring substituents is 1. The van der Waals surface area contributed by atoms with Gasteiger partial charge in [-0.05, 0) is 26.8 Å². The van der Waals surface area contributed by atoms with Crippen molar-refractivity contribution < 1.29 is 28.1 Å². The van der Waals surface area contributed by atoms with E-state index in [1.807, 2.05) is 0 Å². The molecule has 1 aromatic carbocycles. The van der Waals surface area contributed by atoms with Gasteiger partial charge in [-0.1, -0.05) is 0 Å². The predicted octanol–water partition coefficient (Wildman–Crippen LogP) is 3.20. The third-order valence-electron chi connectivity index (χ3n) is 3.12. The lowest BCUT2D eigenvalue weighted by Gasteiger charge is -2.23. The first kappa shape index (κ1) is 20.1. The summed E-state index contributed by atoms with van der Waals surface area (Å²) < 4.78 is 28.0. The van der Waals surface area contributed by atoms with Gasteiger partial charge in [-0.15, -0.1) is 0 Å². The van der Waals surface area contributed by atoms with Crippen molar-refractivity contribution in [1.82, 2.24) is 0 Å². The number of anilines is 1. The number of methoxy groups -OCH3 is 1. The fourth-order valence-corrected chi connectivity index (χ4v) is 3.50. The van der Waals surface area contributed by atoms with Crippen molar-refractivity contribution in [1.29, 1.82) is 0 Å². The molecule has 10 heteroatoms. The SMILES string of the molecule is CCOP(=O)(OCC)C(C)C(=O)Nc1cc([N+](=O)[O-])ccc1OC. The number of nitrogens with zero attached hydrogens (tertiary/aromatic N) is 1. The first-order chi connectivity index (χ1) is 11.3. The Labute approximate surface area is 140 Å². The molecule has 0 aliphatic carbocycles. The molecule has 0 spiro atoms. The van der Waals surface area contributed by atoms with Crippen LogP contribution in [-0.4, -0.2) is 36.8 Å². The van der Waals surface area contributed by atoms with Crippen molar-refractivity contribution in [3.8, 4) is 5.75 Å². The molecular weight excluding hydrogens is 339 g/mol. The van der Waals surface area contributed by atoms with E-state index in [2.05, 4.69) is 5.32 Å². The molecule has 1 atom stereocenters. The Balaban J connectivity index is 3.07. The second-order valence-corrected chi connectivity index (χ2v) is 7.05. The van der Waals surface area contributed by atoms with E-state index in [1.54, 1.807) is 13.8 Å². The Kier molecular flexibility index (Phi) is 7.34. The average Bonchev–Trinajstić information content (AvgIpc) is 2.54. The first-order valence-electron chi connectivity index (χ1n) is 7.31. The van der Waals surface area contributed by atoms with Gasteiger partial charge < -0.3 is 19.1 Å². The van der Waals surface area contributed by atoms with Gasteiger partial charge in [0.05, 0.1) is 30.9 Å². The number of carbonyl (C=O) groups is 1. The molecule has 0 heterocycles. The van der Waals surface area contributed by atoms with Gasteiger partial charge in [-0.25, -0.2) is 0 Å². The lowest BCUT2D eigenvalue weighted by atomic mass is 10.2. The van der Waals surface area contributed by atoms with Crippen LogP contribution < -0.4 is 10.1 Å². The lowest BCUT2D eigenvalue weighted by Crippen LogP contribution is -2.27. The molecular formula is C14H21N2O7P. The van der Waals surface area contributed by atoms with Crippen LogP contribution in [0.15, 0.2) is 18.2 Å². The maximum atomic E-state index is 12.6. The molecule has 24 heavy (non-hydrogen) atoms. The van der Waals surface area contributed by atoms with Crippen molar-refractivity contribution in [3.05, 3.63) is 28.3 Å². The second-order valence-electron chi connectivity index (χ2n) is 4.68.